The van der Waals surface area contributed by atoms with Crippen molar-refractivity contribution in [3.05, 3.63) is 39.9 Å². The largest absolute Gasteiger partial charge is 0.443 e. The predicted octanol–water partition coefficient (Wildman–Crippen LogP) is 5.43. The number of carbonyl (C=O) groups excluding carboxylic acids is 2. The van der Waals surface area contributed by atoms with E-state index in [0.29, 0.717) is 19.3 Å². The third-order valence-corrected chi connectivity index (χ3v) is 4.42. The van der Waals surface area contributed by atoms with Crippen molar-refractivity contribution in [2.45, 2.75) is 65.5 Å². The molecular formula is C20H26BrNO3. The van der Waals surface area contributed by atoms with Crippen LogP contribution in [0.4, 0.5) is 10.5 Å². The van der Waals surface area contributed by atoms with Gasteiger partial charge in [0.2, 0.25) is 0 Å². The molecule has 1 amide bonds. The molecule has 0 saturated heterocycles. The highest BCUT2D eigenvalue weighted by Gasteiger charge is 2.39. The number of carbonyl (C=O) groups is 2. The quantitative estimate of drug-likeness (QED) is 0.624. The SMILES string of the molecule is CC(C)=CCCC(=O)[C@@H]1Cc2cc(Br)ccc2N1C(=O)OC(C)(C)C. The van der Waals surface area contributed by atoms with E-state index in [9.17, 15) is 9.59 Å². The van der Waals surface area contributed by atoms with Gasteiger partial charge in [0.1, 0.15) is 11.6 Å². The summed E-state index contributed by atoms with van der Waals surface area (Å²) in [6.07, 6.45) is 3.23. The van der Waals surface area contributed by atoms with Crippen LogP contribution in [0.1, 0.15) is 53.0 Å². The number of Topliss-reactive ketones (excluding diaryl/α,β-unsaturated/α-hetero) is 1. The minimum atomic E-state index is -0.606. The molecule has 2 rings (SSSR count). The average molecular weight is 408 g/mol. The van der Waals surface area contributed by atoms with Crippen molar-refractivity contribution < 1.29 is 14.3 Å². The van der Waals surface area contributed by atoms with Crippen molar-refractivity contribution in [2.24, 2.45) is 0 Å². The fourth-order valence-corrected chi connectivity index (χ4v) is 3.29. The molecule has 0 spiro atoms. The van der Waals surface area contributed by atoms with Gasteiger partial charge in [0.25, 0.3) is 0 Å². The van der Waals surface area contributed by atoms with Gasteiger partial charge in [0, 0.05) is 17.3 Å². The number of rotatable bonds is 4. The van der Waals surface area contributed by atoms with E-state index in [2.05, 4.69) is 15.9 Å². The fraction of sp³-hybridized carbons (Fsp3) is 0.500. The van der Waals surface area contributed by atoms with Crippen molar-refractivity contribution in [3.63, 3.8) is 0 Å². The number of benzene rings is 1. The van der Waals surface area contributed by atoms with Gasteiger partial charge in [-0.3, -0.25) is 9.69 Å². The first-order valence-electron chi connectivity index (χ1n) is 8.55. The number of ketones is 1. The lowest BCUT2D eigenvalue weighted by molar-refractivity contribution is -0.120. The minimum Gasteiger partial charge on any atom is -0.443 e. The van der Waals surface area contributed by atoms with E-state index in [4.69, 9.17) is 4.74 Å². The number of allylic oxidation sites excluding steroid dienone is 2. The van der Waals surface area contributed by atoms with Gasteiger partial charge < -0.3 is 4.74 Å². The Labute approximate surface area is 158 Å². The maximum atomic E-state index is 12.8. The molecule has 1 heterocycles. The highest BCUT2D eigenvalue weighted by atomic mass is 79.9. The summed E-state index contributed by atoms with van der Waals surface area (Å²) in [7, 11) is 0. The molecule has 0 aliphatic carbocycles. The van der Waals surface area contributed by atoms with Crippen molar-refractivity contribution in [3.8, 4) is 0 Å². The van der Waals surface area contributed by atoms with E-state index in [1.54, 1.807) is 0 Å². The second kappa shape index (κ2) is 7.73. The average Bonchev–Trinajstić information content (AvgIpc) is 2.83. The molecule has 0 aromatic heterocycles. The van der Waals surface area contributed by atoms with E-state index < -0.39 is 17.7 Å². The molecular weight excluding hydrogens is 382 g/mol. The number of amides is 1. The molecule has 0 bridgehead atoms. The number of fused-ring (bicyclic) bond motifs is 1. The molecule has 1 aliphatic heterocycles. The van der Waals surface area contributed by atoms with Crippen LogP contribution in [0.5, 0.6) is 0 Å². The molecule has 0 N–H and O–H groups in total. The summed E-state index contributed by atoms with van der Waals surface area (Å²) < 4.78 is 6.48. The van der Waals surface area contributed by atoms with Crippen molar-refractivity contribution in [1.29, 1.82) is 0 Å². The fourth-order valence-electron chi connectivity index (χ4n) is 2.88. The Morgan fingerprint density at radius 3 is 2.60 bits per heavy atom. The van der Waals surface area contributed by atoms with Gasteiger partial charge in [0.05, 0.1) is 5.69 Å². The second-order valence-corrected chi connectivity index (χ2v) is 8.55. The van der Waals surface area contributed by atoms with E-state index in [1.807, 2.05) is 58.9 Å². The molecule has 5 heteroatoms. The number of anilines is 1. The maximum absolute atomic E-state index is 12.8. The molecule has 136 valence electrons. The molecule has 0 unspecified atom stereocenters. The standard InChI is InChI=1S/C20H26BrNO3/c1-13(2)7-6-8-18(23)17-12-14-11-15(21)9-10-16(14)22(17)19(24)25-20(3,4)5/h7,9-11,17H,6,8,12H2,1-5H3/t17-/m0/s1. The van der Waals surface area contributed by atoms with Gasteiger partial charge in [-0.2, -0.15) is 0 Å². The van der Waals surface area contributed by atoms with Crippen molar-refractivity contribution >= 4 is 33.5 Å². The molecule has 0 fully saturated rings. The highest BCUT2D eigenvalue weighted by molar-refractivity contribution is 9.10. The second-order valence-electron chi connectivity index (χ2n) is 7.63. The zero-order valence-corrected chi connectivity index (χ0v) is 17.1. The van der Waals surface area contributed by atoms with Gasteiger partial charge in [-0.15, -0.1) is 0 Å². The summed E-state index contributed by atoms with van der Waals surface area (Å²) >= 11 is 3.46. The normalized spacial score (nSPS) is 16.4. The number of ether oxygens (including phenoxy) is 1. The van der Waals surface area contributed by atoms with Crippen LogP contribution in [0.25, 0.3) is 0 Å². The Morgan fingerprint density at radius 1 is 1.32 bits per heavy atom. The summed E-state index contributed by atoms with van der Waals surface area (Å²) in [5.41, 5.74) is 2.33. The highest BCUT2D eigenvalue weighted by Crippen LogP contribution is 2.36. The smallest absolute Gasteiger partial charge is 0.415 e. The lowest BCUT2D eigenvalue weighted by Crippen LogP contribution is -2.45. The summed E-state index contributed by atoms with van der Waals surface area (Å²) in [6.45, 7) is 9.51. The summed E-state index contributed by atoms with van der Waals surface area (Å²) in [5.74, 6) is 0.0654. The molecule has 1 aromatic carbocycles. The molecule has 0 radical (unpaired) electrons. The topological polar surface area (TPSA) is 46.6 Å². The summed E-state index contributed by atoms with van der Waals surface area (Å²) in [5, 5.41) is 0. The van der Waals surface area contributed by atoms with Gasteiger partial charge in [-0.05, 0) is 64.8 Å². The van der Waals surface area contributed by atoms with E-state index in [-0.39, 0.29) is 5.78 Å². The van der Waals surface area contributed by atoms with Gasteiger partial charge in [-0.1, -0.05) is 27.6 Å². The Hall–Kier alpha value is -1.62. The van der Waals surface area contributed by atoms with Gasteiger partial charge >= 0.3 is 6.09 Å². The predicted molar refractivity (Wildman–Crippen MR) is 104 cm³/mol. The molecule has 4 nitrogen and oxygen atoms in total. The number of halogens is 1. The van der Waals surface area contributed by atoms with Crippen molar-refractivity contribution in [2.75, 3.05) is 4.90 Å². The van der Waals surface area contributed by atoms with Crippen LogP contribution in [-0.4, -0.2) is 23.5 Å². The Kier molecular flexibility index (Phi) is 6.09. The Balaban J connectivity index is 2.27. The Morgan fingerprint density at radius 2 is 2.00 bits per heavy atom. The first kappa shape index (κ1) is 19.7. The van der Waals surface area contributed by atoms with Crippen LogP contribution >= 0.6 is 15.9 Å². The third-order valence-electron chi connectivity index (χ3n) is 3.93. The third kappa shape index (κ3) is 5.18. The van der Waals surface area contributed by atoms with E-state index in [0.717, 1.165) is 15.7 Å². The summed E-state index contributed by atoms with van der Waals surface area (Å²) in [6, 6.07) is 5.22. The minimum absolute atomic E-state index is 0.0654. The van der Waals surface area contributed by atoms with E-state index >= 15 is 0 Å². The monoisotopic (exact) mass is 407 g/mol. The van der Waals surface area contributed by atoms with Gasteiger partial charge in [0.15, 0.2) is 5.78 Å². The molecule has 1 aliphatic rings. The van der Waals surface area contributed by atoms with Crippen molar-refractivity contribution in [1.82, 2.24) is 0 Å². The van der Waals surface area contributed by atoms with Crippen LogP contribution in [0.2, 0.25) is 0 Å². The van der Waals surface area contributed by atoms with Crippen LogP contribution in [0.15, 0.2) is 34.3 Å². The zero-order valence-electron chi connectivity index (χ0n) is 15.6. The molecule has 0 saturated carbocycles. The molecule has 1 aromatic rings. The molecule has 1 atom stereocenters. The van der Waals surface area contributed by atoms with Crippen LogP contribution in [0, 0.1) is 0 Å². The number of nitrogens with zero attached hydrogens (tertiary/aromatic N) is 1. The van der Waals surface area contributed by atoms with Crippen LogP contribution < -0.4 is 4.90 Å². The van der Waals surface area contributed by atoms with E-state index in [1.165, 1.54) is 10.5 Å². The van der Waals surface area contributed by atoms with Crippen LogP contribution in [-0.2, 0) is 16.0 Å². The van der Waals surface area contributed by atoms with Gasteiger partial charge in [-0.25, -0.2) is 4.79 Å². The first-order valence-corrected chi connectivity index (χ1v) is 9.34. The first-order chi connectivity index (χ1) is 11.6. The van der Waals surface area contributed by atoms with Crippen LogP contribution in [0.3, 0.4) is 0 Å². The zero-order chi connectivity index (χ0) is 18.8. The lowest BCUT2D eigenvalue weighted by Gasteiger charge is -2.28. The number of hydrogen-bond acceptors (Lipinski definition) is 3. The number of hydrogen-bond donors (Lipinski definition) is 0. The lowest BCUT2D eigenvalue weighted by atomic mass is 10.0. The summed E-state index contributed by atoms with van der Waals surface area (Å²) in [4.78, 5) is 27.0. The maximum Gasteiger partial charge on any atom is 0.415 e. The Bertz CT molecular complexity index is 699. The molecule has 25 heavy (non-hydrogen) atoms.